The first-order valence-electron chi connectivity index (χ1n) is 11.2. The summed E-state index contributed by atoms with van der Waals surface area (Å²) in [5.74, 6) is 0. The molecule has 156 valence electrons. The van der Waals surface area contributed by atoms with Gasteiger partial charge in [-0.1, -0.05) is 122 Å². The highest BCUT2D eigenvalue weighted by Gasteiger charge is 2.46. The van der Waals surface area contributed by atoms with Crippen LogP contribution in [0.3, 0.4) is 0 Å². The maximum Gasteiger partial charge on any atom is 0.0714 e. The third-order valence-electron chi connectivity index (χ3n) is 7.00. The summed E-state index contributed by atoms with van der Waals surface area (Å²) < 4.78 is 0. The van der Waals surface area contributed by atoms with Gasteiger partial charge in [0.2, 0.25) is 0 Å². The van der Waals surface area contributed by atoms with E-state index in [1.807, 2.05) is 6.08 Å². The summed E-state index contributed by atoms with van der Waals surface area (Å²) >= 11 is 5.28. The van der Waals surface area contributed by atoms with Crippen LogP contribution in [0, 0.1) is 0 Å². The molecule has 0 saturated carbocycles. The molecule has 0 bridgehead atoms. The van der Waals surface area contributed by atoms with E-state index in [-0.39, 0.29) is 0 Å². The summed E-state index contributed by atoms with van der Waals surface area (Å²) in [4.78, 5) is 0. The van der Waals surface area contributed by atoms with Gasteiger partial charge in [-0.05, 0) is 67.4 Å². The summed E-state index contributed by atoms with van der Waals surface area (Å²) in [7, 11) is 0. The molecule has 0 amide bonds. The van der Waals surface area contributed by atoms with Gasteiger partial charge in [0, 0.05) is 5.37 Å². The Balaban J connectivity index is 1.78. The average molecular weight is 439 g/mol. The van der Waals surface area contributed by atoms with Gasteiger partial charge in [0.1, 0.15) is 0 Å². The highest BCUT2D eigenvalue weighted by Crippen LogP contribution is 2.56. The molecule has 0 aromatic heterocycles. The van der Waals surface area contributed by atoms with Gasteiger partial charge >= 0.3 is 0 Å². The lowest BCUT2D eigenvalue weighted by atomic mass is 9.67. The largest absolute Gasteiger partial charge is 0.0984 e. The summed E-state index contributed by atoms with van der Waals surface area (Å²) in [6.45, 7) is 4.07. The first-order chi connectivity index (χ1) is 16.3. The number of thiocarbonyl (C=S) groups is 1. The highest BCUT2D eigenvalue weighted by molar-refractivity contribution is 7.79. The van der Waals surface area contributed by atoms with Gasteiger partial charge in [0.15, 0.2) is 0 Å². The van der Waals surface area contributed by atoms with Crippen LogP contribution in [-0.4, -0.2) is 5.37 Å². The molecule has 0 unspecified atom stereocenters. The van der Waals surface area contributed by atoms with Gasteiger partial charge < -0.3 is 0 Å². The second-order valence-electron chi connectivity index (χ2n) is 8.57. The molecule has 5 aromatic rings. The Kier molecular flexibility index (Phi) is 4.60. The summed E-state index contributed by atoms with van der Waals surface area (Å²) in [6, 6.07) is 39.7. The zero-order valence-corrected chi connectivity index (χ0v) is 19.0. The minimum absolute atomic E-state index is 0.422. The van der Waals surface area contributed by atoms with Crippen LogP contribution in [0.15, 0.2) is 116 Å². The Hall–Kier alpha value is -3.81. The first kappa shape index (κ1) is 19.8. The van der Waals surface area contributed by atoms with Gasteiger partial charge in [0.25, 0.3) is 0 Å². The zero-order valence-electron chi connectivity index (χ0n) is 18.2. The van der Waals surface area contributed by atoms with Crippen molar-refractivity contribution in [2.75, 3.05) is 0 Å². The van der Waals surface area contributed by atoms with E-state index >= 15 is 0 Å². The van der Waals surface area contributed by atoms with Crippen LogP contribution < -0.4 is 0 Å². The van der Waals surface area contributed by atoms with E-state index in [2.05, 4.69) is 116 Å². The third-order valence-corrected chi connectivity index (χ3v) is 7.26. The molecular weight excluding hydrogens is 416 g/mol. The Labute approximate surface area is 199 Å². The van der Waals surface area contributed by atoms with E-state index in [0.29, 0.717) is 0 Å². The molecule has 5 aromatic carbocycles. The fourth-order valence-electron chi connectivity index (χ4n) is 5.54. The van der Waals surface area contributed by atoms with Crippen LogP contribution in [-0.2, 0) is 5.41 Å². The van der Waals surface area contributed by atoms with E-state index in [1.165, 1.54) is 44.2 Å². The minimum Gasteiger partial charge on any atom is -0.0984 e. The molecule has 6 rings (SSSR count). The summed E-state index contributed by atoms with van der Waals surface area (Å²) in [5.41, 5.74) is 9.37. The molecule has 1 aliphatic rings. The fraction of sp³-hybridized carbons (Fsp3) is 0.0312. The molecule has 0 N–H and O–H groups in total. The molecule has 0 nitrogen and oxygen atoms in total. The number of hydrogen-bond acceptors (Lipinski definition) is 1. The van der Waals surface area contributed by atoms with E-state index in [4.69, 9.17) is 12.2 Å². The standard InChI is InChI=1S/C32H22S/c1-2-22-19-26(18-16-25(22)21-33)32(27-17-15-23-9-3-4-10-24(23)20-27)30-13-7-5-11-28(30)29-12-6-8-14-31(29)32/h2-21H,1H2. The van der Waals surface area contributed by atoms with Crippen LogP contribution in [0.5, 0.6) is 0 Å². The molecule has 0 spiro atoms. The van der Waals surface area contributed by atoms with Crippen LogP contribution >= 0.6 is 12.2 Å². The molecule has 0 fully saturated rings. The normalized spacial score (nSPS) is 13.3. The molecule has 0 atom stereocenters. The average Bonchev–Trinajstić information content (AvgIpc) is 3.19. The van der Waals surface area contributed by atoms with Crippen molar-refractivity contribution in [3.63, 3.8) is 0 Å². The van der Waals surface area contributed by atoms with Gasteiger partial charge in [-0.3, -0.25) is 0 Å². The smallest absolute Gasteiger partial charge is 0.0714 e. The minimum atomic E-state index is -0.422. The Bertz CT molecular complexity index is 1510. The maximum absolute atomic E-state index is 5.28. The molecule has 1 heteroatoms. The fourth-order valence-corrected chi connectivity index (χ4v) is 5.75. The van der Waals surface area contributed by atoms with Crippen molar-refractivity contribution >= 4 is 34.4 Å². The van der Waals surface area contributed by atoms with E-state index < -0.39 is 5.41 Å². The first-order valence-corrected chi connectivity index (χ1v) is 11.7. The summed E-state index contributed by atoms with van der Waals surface area (Å²) in [5, 5.41) is 4.23. The van der Waals surface area contributed by atoms with Crippen molar-refractivity contribution in [2.45, 2.75) is 5.41 Å². The second kappa shape index (κ2) is 7.65. The zero-order chi connectivity index (χ0) is 22.4. The van der Waals surface area contributed by atoms with E-state index in [0.717, 1.165) is 11.1 Å². The Morgan fingerprint density at radius 1 is 0.576 bits per heavy atom. The van der Waals surface area contributed by atoms with Crippen LogP contribution in [0.1, 0.15) is 33.4 Å². The van der Waals surface area contributed by atoms with Crippen molar-refractivity contribution in [3.05, 3.63) is 149 Å². The Morgan fingerprint density at radius 2 is 1.15 bits per heavy atom. The van der Waals surface area contributed by atoms with Crippen LogP contribution in [0.4, 0.5) is 0 Å². The van der Waals surface area contributed by atoms with Crippen LogP contribution in [0.2, 0.25) is 0 Å². The van der Waals surface area contributed by atoms with Crippen molar-refractivity contribution < 1.29 is 0 Å². The molecule has 0 saturated heterocycles. The number of rotatable bonds is 4. The lowest BCUT2D eigenvalue weighted by Crippen LogP contribution is -2.28. The lowest BCUT2D eigenvalue weighted by Gasteiger charge is -2.34. The summed E-state index contributed by atoms with van der Waals surface area (Å²) in [6.07, 6.45) is 1.91. The predicted octanol–water partition coefficient (Wildman–Crippen LogP) is 8.19. The SMILES string of the molecule is C=Cc1cc(C2(c3ccc4ccccc4c3)c3ccccc3-c3ccccc32)ccc1C=S. The van der Waals surface area contributed by atoms with E-state index in [9.17, 15) is 0 Å². The van der Waals surface area contributed by atoms with Gasteiger partial charge in [-0.25, -0.2) is 0 Å². The van der Waals surface area contributed by atoms with Crippen molar-refractivity contribution in [1.82, 2.24) is 0 Å². The molecule has 0 heterocycles. The highest BCUT2D eigenvalue weighted by atomic mass is 32.1. The molecule has 0 radical (unpaired) electrons. The van der Waals surface area contributed by atoms with Gasteiger partial charge in [-0.2, -0.15) is 0 Å². The lowest BCUT2D eigenvalue weighted by molar-refractivity contribution is 0.769. The number of hydrogen-bond donors (Lipinski definition) is 0. The van der Waals surface area contributed by atoms with Crippen molar-refractivity contribution in [2.24, 2.45) is 0 Å². The topological polar surface area (TPSA) is 0 Å². The third kappa shape index (κ3) is 2.79. The molecule has 0 aliphatic heterocycles. The molecular formula is C32H22S. The van der Waals surface area contributed by atoms with Gasteiger partial charge in [0.05, 0.1) is 5.41 Å². The second-order valence-corrected chi connectivity index (χ2v) is 8.80. The van der Waals surface area contributed by atoms with E-state index in [1.54, 1.807) is 5.37 Å². The number of fused-ring (bicyclic) bond motifs is 4. The monoisotopic (exact) mass is 438 g/mol. The molecule has 33 heavy (non-hydrogen) atoms. The quantitative estimate of drug-likeness (QED) is 0.250. The maximum atomic E-state index is 5.28. The van der Waals surface area contributed by atoms with Crippen molar-refractivity contribution in [3.8, 4) is 11.1 Å². The molecule has 1 aliphatic carbocycles. The number of benzene rings is 5. The van der Waals surface area contributed by atoms with Gasteiger partial charge in [-0.15, -0.1) is 0 Å². The predicted molar refractivity (Wildman–Crippen MR) is 144 cm³/mol. The van der Waals surface area contributed by atoms with Crippen molar-refractivity contribution in [1.29, 1.82) is 0 Å². The Morgan fingerprint density at radius 3 is 1.82 bits per heavy atom. The van der Waals surface area contributed by atoms with Crippen LogP contribution in [0.25, 0.3) is 28.0 Å².